The van der Waals surface area contributed by atoms with E-state index in [0.29, 0.717) is 0 Å². The lowest BCUT2D eigenvalue weighted by molar-refractivity contribution is 0.211. The van der Waals surface area contributed by atoms with Gasteiger partial charge in [-0.1, -0.05) is 37.3 Å². The fourth-order valence-electron chi connectivity index (χ4n) is 3.05. The fraction of sp³-hybridized carbons (Fsp3) is 0.600. The first kappa shape index (κ1) is 11.7. The number of rotatable bonds is 2. The standard InChI is InChI=1S/C15H23N/c1-12-8-10-15(11-9-12,13(2)16)14-6-4-3-5-7-14/h3-7,12-13H,8-11,16H2,1-2H3. The van der Waals surface area contributed by atoms with Gasteiger partial charge in [-0.15, -0.1) is 0 Å². The second-order valence-electron chi connectivity index (χ2n) is 5.49. The lowest BCUT2D eigenvalue weighted by Crippen LogP contribution is -2.45. The monoisotopic (exact) mass is 217 g/mol. The number of hydrogen-bond donors (Lipinski definition) is 1. The Hall–Kier alpha value is -0.820. The minimum absolute atomic E-state index is 0.230. The highest BCUT2D eigenvalue weighted by atomic mass is 14.7. The van der Waals surface area contributed by atoms with Gasteiger partial charge in [0, 0.05) is 11.5 Å². The van der Waals surface area contributed by atoms with Gasteiger partial charge in [0.05, 0.1) is 0 Å². The topological polar surface area (TPSA) is 26.0 Å². The van der Waals surface area contributed by atoms with E-state index in [1.54, 1.807) is 0 Å². The van der Waals surface area contributed by atoms with Crippen LogP contribution in [0.3, 0.4) is 0 Å². The molecule has 2 rings (SSSR count). The average molecular weight is 217 g/mol. The molecule has 0 bridgehead atoms. The van der Waals surface area contributed by atoms with Gasteiger partial charge in [-0.25, -0.2) is 0 Å². The summed E-state index contributed by atoms with van der Waals surface area (Å²) in [5, 5.41) is 0. The van der Waals surface area contributed by atoms with Gasteiger partial charge in [-0.3, -0.25) is 0 Å². The SMILES string of the molecule is CC1CCC(c2ccccc2)(C(C)N)CC1. The van der Waals surface area contributed by atoms with Crippen LogP contribution in [0.1, 0.15) is 45.1 Å². The van der Waals surface area contributed by atoms with Crippen molar-refractivity contribution in [2.24, 2.45) is 11.7 Å². The zero-order valence-electron chi connectivity index (χ0n) is 10.4. The van der Waals surface area contributed by atoms with Gasteiger partial charge in [0.1, 0.15) is 0 Å². The maximum atomic E-state index is 6.28. The molecule has 0 amide bonds. The van der Waals surface area contributed by atoms with Crippen LogP contribution in [0, 0.1) is 5.92 Å². The van der Waals surface area contributed by atoms with Crippen molar-refractivity contribution in [1.82, 2.24) is 0 Å². The number of hydrogen-bond acceptors (Lipinski definition) is 1. The summed E-state index contributed by atoms with van der Waals surface area (Å²) < 4.78 is 0. The van der Waals surface area contributed by atoms with Gasteiger partial charge < -0.3 is 5.73 Å². The predicted octanol–water partition coefficient (Wildman–Crippen LogP) is 3.48. The molecule has 0 saturated heterocycles. The van der Waals surface area contributed by atoms with Crippen LogP contribution in [-0.4, -0.2) is 6.04 Å². The van der Waals surface area contributed by atoms with Crippen molar-refractivity contribution in [3.8, 4) is 0 Å². The summed E-state index contributed by atoms with van der Waals surface area (Å²) in [6.45, 7) is 4.53. The first-order valence-corrected chi connectivity index (χ1v) is 6.46. The summed E-state index contributed by atoms with van der Waals surface area (Å²) in [4.78, 5) is 0. The number of nitrogens with two attached hydrogens (primary N) is 1. The highest BCUT2D eigenvalue weighted by Gasteiger charge is 2.38. The van der Waals surface area contributed by atoms with Crippen molar-refractivity contribution in [3.05, 3.63) is 35.9 Å². The normalized spacial score (nSPS) is 32.3. The van der Waals surface area contributed by atoms with E-state index in [-0.39, 0.29) is 11.5 Å². The van der Waals surface area contributed by atoms with Crippen LogP contribution in [0.15, 0.2) is 30.3 Å². The van der Waals surface area contributed by atoms with E-state index in [0.717, 1.165) is 5.92 Å². The molecule has 1 saturated carbocycles. The Morgan fingerprint density at radius 2 is 1.75 bits per heavy atom. The Morgan fingerprint density at radius 1 is 1.19 bits per heavy atom. The smallest absolute Gasteiger partial charge is 0.0108 e. The highest BCUT2D eigenvalue weighted by molar-refractivity contribution is 5.28. The van der Waals surface area contributed by atoms with Gasteiger partial charge in [-0.05, 0) is 44.1 Å². The summed E-state index contributed by atoms with van der Waals surface area (Å²) in [5.41, 5.74) is 7.95. The van der Waals surface area contributed by atoms with Crippen LogP contribution in [0.5, 0.6) is 0 Å². The molecular formula is C15H23N. The Bertz CT molecular complexity index is 321. The van der Waals surface area contributed by atoms with Crippen molar-refractivity contribution >= 4 is 0 Å². The van der Waals surface area contributed by atoms with E-state index >= 15 is 0 Å². The molecule has 0 aliphatic heterocycles. The molecule has 2 N–H and O–H groups in total. The van der Waals surface area contributed by atoms with Crippen LogP contribution in [0.2, 0.25) is 0 Å². The largest absolute Gasteiger partial charge is 0.327 e. The molecule has 1 aromatic carbocycles. The van der Waals surface area contributed by atoms with Gasteiger partial charge in [0.15, 0.2) is 0 Å². The van der Waals surface area contributed by atoms with Crippen LogP contribution < -0.4 is 5.73 Å². The van der Waals surface area contributed by atoms with Crippen molar-refractivity contribution in [2.45, 2.75) is 51.0 Å². The summed E-state index contributed by atoms with van der Waals surface area (Å²) in [5.74, 6) is 0.871. The second-order valence-corrected chi connectivity index (χ2v) is 5.49. The summed E-state index contributed by atoms with van der Waals surface area (Å²) in [6.07, 6.45) is 5.12. The van der Waals surface area contributed by atoms with Crippen molar-refractivity contribution in [1.29, 1.82) is 0 Å². The van der Waals surface area contributed by atoms with Crippen molar-refractivity contribution in [3.63, 3.8) is 0 Å². The number of benzene rings is 1. The third-order valence-corrected chi connectivity index (χ3v) is 4.39. The van der Waals surface area contributed by atoms with E-state index in [4.69, 9.17) is 5.73 Å². The van der Waals surface area contributed by atoms with E-state index in [9.17, 15) is 0 Å². The highest BCUT2D eigenvalue weighted by Crippen LogP contribution is 2.43. The van der Waals surface area contributed by atoms with E-state index in [1.165, 1.54) is 31.2 Å². The zero-order chi connectivity index (χ0) is 11.6. The molecule has 1 fully saturated rings. The molecule has 0 spiro atoms. The Morgan fingerprint density at radius 3 is 2.25 bits per heavy atom. The van der Waals surface area contributed by atoms with Crippen LogP contribution >= 0.6 is 0 Å². The summed E-state index contributed by atoms with van der Waals surface area (Å²) >= 11 is 0. The van der Waals surface area contributed by atoms with E-state index in [2.05, 4.69) is 44.2 Å². The third-order valence-electron chi connectivity index (χ3n) is 4.39. The van der Waals surface area contributed by atoms with Gasteiger partial charge >= 0.3 is 0 Å². The molecule has 1 aliphatic rings. The minimum Gasteiger partial charge on any atom is -0.327 e. The molecule has 1 aliphatic carbocycles. The molecule has 0 heterocycles. The molecule has 16 heavy (non-hydrogen) atoms. The fourth-order valence-corrected chi connectivity index (χ4v) is 3.05. The molecule has 88 valence electrons. The van der Waals surface area contributed by atoms with Crippen LogP contribution in [-0.2, 0) is 5.41 Å². The molecule has 1 aromatic rings. The predicted molar refractivity (Wildman–Crippen MR) is 69.4 cm³/mol. The Labute approximate surface area is 99.0 Å². The summed E-state index contributed by atoms with van der Waals surface area (Å²) in [6, 6.07) is 11.1. The average Bonchev–Trinajstić information content (AvgIpc) is 2.31. The second kappa shape index (κ2) is 4.58. The molecule has 1 unspecified atom stereocenters. The van der Waals surface area contributed by atoms with Gasteiger partial charge in [0.25, 0.3) is 0 Å². The Balaban J connectivity index is 2.30. The minimum atomic E-state index is 0.230. The molecular weight excluding hydrogens is 194 g/mol. The molecule has 1 atom stereocenters. The maximum Gasteiger partial charge on any atom is 0.0108 e. The van der Waals surface area contributed by atoms with Gasteiger partial charge in [0.2, 0.25) is 0 Å². The molecule has 1 heteroatoms. The van der Waals surface area contributed by atoms with Crippen molar-refractivity contribution < 1.29 is 0 Å². The Kier molecular flexibility index (Phi) is 3.34. The quantitative estimate of drug-likeness (QED) is 0.806. The van der Waals surface area contributed by atoms with Crippen LogP contribution in [0.4, 0.5) is 0 Å². The lowest BCUT2D eigenvalue weighted by Gasteiger charge is -2.43. The van der Waals surface area contributed by atoms with Crippen LogP contribution in [0.25, 0.3) is 0 Å². The van der Waals surface area contributed by atoms with E-state index in [1.807, 2.05) is 0 Å². The first-order valence-electron chi connectivity index (χ1n) is 6.46. The van der Waals surface area contributed by atoms with E-state index < -0.39 is 0 Å². The lowest BCUT2D eigenvalue weighted by atomic mass is 9.63. The molecule has 1 nitrogen and oxygen atoms in total. The maximum absolute atomic E-state index is 6.28. The molecule has 0 aromatic heterocycles. The summed E-state index contributed by atoms with van der Waals surface area (Å²) in [7, 11) is 0. The zero-order valence-corrected chi connectivity index (χ0v) is 10.4. The van der Waals surface area contributed by atoms with Gasteiger partial charge in [-0.2, -0.15) is 0 Å². The van der Waals surface area contributed by atoms with Crippen molar-refractivity contribution in [2.75, 3.05) is 0 Å². The first-order chi connectivity index (χ1) is 7.65. The molecule has 0 radical (unpaired) electrons. The third kappa shape index (κ3) is 2.01.